The standard InChI is InChI=1S/C8H8OS/c9-7-3-1-5-4(7)2-6(3)8(5)10/h3-6H,1-2H2. The zero-order chi connectivity index (χ0) is 6.88. The van der Waals surface area contributed by atoms with E-state index >= 15 is 0 Å². The second kappa shape index (κ2) is 1.35. The number of hydrogen-bond acceptors (Lipinski definition) is 2. The van der Waals surface area contributed by atoms with Crippen molar-refractivity contribution in [3.63, 3.8) is 0 Å². The molecule has 10 heavy (non-hydrogen) atoms. The van der Waals surface area contributed by atoms with E-state index in [1.54, 1.807) is 0 Å². The minimum Gasteiger partial charge on any atom is -0.299 e. The Hall–Kier alpha value is -0.240. The van der Waals surface area contributed by atoms with Crippen LogP contribution < -0.4 is 0 Å². The van der Waals surface area contributed by atoms with Gasteiger partial charge in [0.15, 0.2) is 0 Å². The first kappa shape index (κ1) is 5.42. The lowest BCUT2D eigenvalue weighted by molar-refractivity contribution is -0.122. The third kappa shape index (κ3) is 0.352. The van der Waals surface area contributed by atoms with E-state index in [9.17, 15) is 4.79 Å². The van der Waals surface area contributed by atoms with Gasteiger partial charge in [-0.3, -0.25) is 4.79 Å². The number of carbonyl (C=O) groups excluding carboxylic acids is 1. The van der Waals surface area contributed by atoms with Gasteiger partial charge in [-0.05, 0) is 12.8 Å². The van der Waals surface area contributed by atoms with Gasteiger partial charge < -0.3 is 0 Å². The van der Waals surface area contributed by atoms with Crippen LogP contribution in [0.5, 0.6) is 0 Å². The molecule has 4 aliphatic rings. The molecule has 52 valence electrons. The summed E-state index contributed by atoms with van der Waals surface area (Å²) in [4.78, 5) is 12.5. The SMILES string of the molecule is O=C1C2CC3C(=S)C2CC13. The molecule has 0 aromatic heterocycles. The fourth-order valence-corrected chi connectivity index (χ4v) is 3.53. The molecule has 4 bridgehead atoms. The van der Waals surface area contributed by atoms with E-state index in [1.165, 1.54) is 4.86 Å². The van der Waals surface area contributed by atoms with E-state index in [4.69, 9.17) is 12.2 Å². The van der Waals surface area contributed by atoms with Gasteiger partial charge >= 0.3 is 0 Å². The number of hydrogen-bond donors (Lipinski definition) is 0. The Balaban J connectivity index is 2.20. The van der Waals surface area contributed by atoms with E-state index in [1.807, 2.05) is 0 Å². The summed E-state index contributed by atoms with van der Waals surface area (Å²) in [5, 5.41) is 0. The minimum absolute atomic E-state index is 0.377. The molecule has 0 aromatic carbocycles. The largest absolute Gasteiger partial charge is 0.299 e. The Morgan fingerprint density at radius 1 is 1.10 bits per heavy atom. The average Bonchev–Trinajstić information content (AvgIpc) is 2.55. The number of carbonyl (C=O) groups is 1. The summed E-state index contributed by atoms with van der Waals surface area (Å²) >= 11 is 5.24. The van der Waals surface area contributed by atoms with Gasteiger partial charge in [0.2, 0.25) is 0 Å². The smallest absolute Gasteiger partial charge is 0.140 e. The maximum atomic E-state index is 11.3. The van der Waals surface area contributed by atoms with Crippen molar-refractivity contribution >= 4 is 22.9 Å². The highest BCUT2D eigenvalue weighted by atomic mass is 32.1. The molecule has 4 saturated carbocycles. The van der Waals surface area contributed by atoms with Crippen LogP contribution in [0, 0.1) is 23.7 Å². The van der Waals surface area contributed by atoms with Gasteiger partial charge in [0.1, 0.15) is 5.78 Å². The van der Waals surface area contributed by atoms with Gasteiger partial charge in [-0.15, -0.1) is 0 Å². The molecule has 0 N–H and O–H groups in total. The Morgan fingerprint density at radius 2 is 1.60 bits per heavy atom. The molecule has 0 amide bonds. The number of Topliss-reactive ketones (excluding diaryl/α,β-unsaturated/α-hetero) is 1. The second-order valence-electron chi connectivity index (χ2n) is 3.70. The fourth-order valence-electron chi connectivity index (χ4n) is 3.01. The van der Waals surface area contributed by atoms with Crippen molar-refractivity contribution in [2.45, 2.75) is 12.8 Å². The molecular weight excluding hydrogens is 144 g/mol. The van der Waals surface area contributed by atoms with Crippen molar-refractivity contribution in [3.05, 3.63) is 0 Å². The first-order valence-corrected chi connectivity index (χ1v) is 4.27. The molecule has 0 heterocycles. The number of rotatable bonds is 0. The first-order valence-electron chi connectivity index (χ1n) is 3.86. The predicted molar refractivity (Wildman–Crippen MR) is 40.8 cm³/mol. The van der Waals surface area contributed by atoms with Crippen molar-refractivity contribution in [1.29, 1.82) is 0 Å². The predicted octanol–water partition coefficient (Wildman–Crippen LogP) is 1.21. The van der Waals surface area contributed by atoms with Crippen LogP contribution in [-0.4, -0.2) is 10.6 Å². The Kier molecular flexibility index (Phi) is 0.732. The van der Waals surface area contributed by atoms with Crippen molar-refractivity contribution in [1.82, 2.24) is 0 Å². The van der Waals surface area contributed by atoms with Crippen LogP contribution in [0.1, 0.15) is 12.8 Å². The van der Waals surface area contributed by atoms with Crippen LogP contribution in [0.15, 0.2) is 0 Å². The summed E-state index contributed by atoms with van der Waals surface area (Å²) in [5.41, 5.74) is 0. The molecule has 0 spiro atoms. The van der Waals surface area contributed by atoms with Gasteiger partial charge in [-0.25, -0.2) is 0 Å². The highest BCUT2D eigenvalue weighted by Crippen LogP contribution is 2.58. The molecule has 0 radical (unpaired) electrons. The quantitative estimate of drug-likeness (QED) is 0.485. The third-order valence-electron chi connectivity index (χ3n) is 3.45. The molecule has 4 atom stereocenters. The Morgan fingerprint density at radius 3 is 1.90 bits per heavy atom. The topological polar surface area (TPSA) is 17.1 Å². The highest BCUT2D eigenvalue weighted by Gasteiger charge is 2.62. The van der Waals surface area contributed by atoms with Gasteiger partial charge in [-0.1, -0.05) is 12.2 Å². The van der Waals surface area contributed by atoms with Crippen molar-refractivity contribution in [2.24, 2.45) is 23.7 Å². The van der Waals surface area contributed by atoms with Gasteiger partial charge in [0.25, 0.3) is 0 Å². The van der Waals surface area contributed by atoms with Crippen LogP contribution in [0.3, 0.4) is 0 Å². The zero-order valence-electron chi connectivity index (χ0n) is 5.54. The monoisotopic (exact) mass is 152 g/mol. The van der Waals surface area contributed by atoms with Crippen molar-refractivity contribution in [2.75, 3.05) is 0 Å². The molecule has 4 aliphatic carbocycles. The van der Waals surface area contributed by atoms with Crippen LogP contribution in [-0.2, 0) is 4.79 Å². The molecule has 0 saturated heterocycles. The molecule has 4 fully saturated rings. The molecule has 1 nitrogen and oxygen atoms in total. The van der Waals surface area contributed by atoms with E-state index in [-0.39, 0.29) is 0 Å². The minimum atomic E-state index is 0.377. The van der Waals surface area contributed by atoms with Gasteiger partial charge in [0.05, 0.1) is 0 Å². The van der Waals surface area contributed by atoms with E-state index in [2.05, 4.69) is 0 Å². The molecule has 0 aromatic rings. The fraction of sp³-hybridized carbons (Fsp3) is 0.750. The lowest BCUT2D eigenvalue weighted by Gasteiger charge is -2.06. The molecule has 2 heteroatoms. The van der Waals surface area contributed by atoms with E-state index in [0.717, 1.165) is 12.8 Å². The number of thiocarbonyl (C=S) groups is 1. The summed E-state index contributed by atoms with van der Waals surface area (Å²) in [7, 11) is 0. The van der Waals surface area contributed by atoms with E-state index < -0.39 is 0 Å². The lowest BCUT2D eigenvalue weighted by Crippen LogP contribution is -2.18. The highest BCUT2D eigenvalue weighted by molar-refractivity contribution is 7.80. The third-order valence-corrected chi connectivity index (χ3v) is 4.05. The van der Waals surface area contributed by atoms with Gasteiger partial charge in [-0.2, -0.15) is 0 Å². The van der Waals surface area contributed by atoms with Gasteiger partial charge in [0, 0.05) is 28.5 Å². The first-order chi connectivity index (χ1) is 4.79. The lowest BCUT2D eigenvalue weighted by atomic mass is 9.99. The van der Waals surface area contributed by atoms with E-state index in [0.29, 0.717) is 29.5 Å². The number of ketones is 1. The summed E-state index contributed by atoms with van der Waals surface area (Å²) in [6, 6.07) is 0. The van der Waals surface area contributed by atoms with Crippen LogP contribution in [0.4, 0.5) is 0 Å². The average molecular weight is 152 g/mol. The van der Waals surface area contributed by atoms with Crippen molar-refractivity contribution in [3.8, 4) is 0 Å². The Bertz CT molecular complexity index is 200. The summed E-state index contributed by atoms with van der Waals surface area (Å²) in [6.07, 6.45) is 2.21. The maximum Gasteiger partial charge on any atom is 0.140 e. The maximum absolute atomic E-state index is 11.3. The van der Waals surface area contributed by atoms with Crippen LogP contribution in [0.25, 0.3) is 0 Å². The Labute approximate surface area is 64.8 Å². The molecular formula is C8H8OS. The van der Waals surface area contributed by atoms with Crippen LogP contribution in [0.2, 0.25) is 0 Å². The summed E-state index contributed by atoms with van der Waals surface area (Å²) in [6.45, 7) is 0. The summed E-state index contributed by atoms with van der Waals surface area (Å²) in [5.74, 6) is 2.36. The summed E-state index contributed by atoms with van der Waals surface area (Å²) < 4.78 is 0. The molecule has 0 aliphatic heterocycles. The normalized spacial score (nSPS) is 55.6. The molecule has 4 unspecified atom stereocenters. The van der Waals surface area contributed by atoms with Crippen LogP contribution >= 0.6 is 12.2 Å². The second-order valence-corrected chi connectivity index (χ2v) is 4.17. The zero-order valence-corrected chi connectivity index (χ0v) is 6.36. The molecule has 4 rings (SSSR count). The van der Waals surface area contributed by atoms with Crippen molar-refractivity contribution < 1.29 is 4.79 Å².